The van der Waals surface area contributed by atoms with E-state index in [1.54, 1.807) is 0 Å². The monoisotopic (exact) mass is 350 g/mol. The van der Waals surface area contributed by atoms with Gasteiger partial charge in [0, 0.05) is 13.1 Å². The molecule has 0 atom stereocenters. The Balaban J connectivity index is 1.89. The summed E-state index contributed by atoms with van der Waals surface area (Å²) in [6, 6.07) is 10.2. The largest absolute Gasteiger partial charge is 0.318 e. The molecule has 8 heteroatoms. The first-order valence-corrected chi connectivity index (χ1v) is 8.21. The summed E-state index contributed by atoms with van der Waals surface area (Å²) in [6.45, 7) is 1.33. The van der Waals surface area contributed by atoms with Crippen molar-refractivity contribution >= 4 is 34.2 Å². The Kier molecular flexibility index (Phi) is 4.86. The van der Waals surface area contributed by atoms with Gasteiger partial charge < -0.3 is 9.88 Å². The lowest BCUT2D eigenvalue weighted by Gasteiger charge is -2.09. The fourth-order valence-electron chi connectivity index (χ4n) is 2.38. The molecule has 0 radical (unpaired) electrons. The van der Waals surface area contributed by atoms with Gasteiger partial charge in [-0.15, -0.1) is 11.3 Å². The summed E-state index contributed by atoms with van der Waals surface area (Å²) in [6.07, 6.45) is -2.57. The fraction of sp³-hybridized carbons (Fsp3) is 0.250. The molecule has 5 nitrogen and oxygen atoms in total. The van der Waals surface area contributed by atoms with Crippen LogP contribution in [0.5, 0.6) is 0 Å². The van der Waals surface area contributed by atoms with E-state index in [1.165, 1.54) is 12.1 Å². The Morgan fingerprint density at radius 3 is 2.79 bits per heavy atom. The van der Waals surface area contributed by atoms with Crippen LogP contribution in [0.4, 0.5) is 14.7 Å². The molecule has 2 aromatic heterocycles. The average molecular weight is 350 g/mol. The van der Waals surface area contributed by atoms with Gasteiger partial charge in [-0.2, -0.15) is 0 Å². The van der Waals surface area contributed by atoms with Crippen molar-refractivity contribution in [3.8, 4) is 0 Å². The van der Waals surface area contributed by atoms with Crippen molar-refractivity contribution in [1.82, 2.24) is 14.9 Å². The van der Waals surface area contributed by atoms with Gasteiger partial charge in [0.25, 0.3) is 12.3 Å². The molecule has 3 aromatic rings. The quantitative estimate of drug-likeness (QED) is 0.715. The first kappa shape index (κ1) is 16.5. The summed E-state index contributed by atoms with van der Waals surface area (Å²) in [5.74, 6) is -0.0311. The molecular weight excluding hydrogens is 334 g/mol. The SMILES string of the molecule is CNCCn1c(NC(=O)c2ccc(C(F)F)s2)nc2ccccc21. The van der Waals surface area contributed by atoms with Crippen LogP contribution in [0.2, 0.25) is 0 Å². The number of benzene rings is 1. The Morgan fingerprint density at radius 2 is 2.08 bits per heavy atom. The van der Waals surface area contributed by atoms with Gasteiger partial charge in [-0.1, -0.05) is 12.1 Å². The number of hydrogen-bond acceptors (Lipinski definition) is 4. The Morgan fingerprint density at radius 1 is 1.29 bits per heavy atom. The zero-order valence-electron chi connectivity index (χ0n) is 12.9. The van der Waals surface area contributed by atoms with Gasteiger partial charge in [0.05, 0.1) is 20.8 Å². The molecule has 0 saturated heterocycles. The number of halogens is 2. The lowest BCUT2D eigenvalue weighted by molar-refractivity contribution is 0.102. The molecule has 0 fully saturated rings. The van der Waals surface area contributed by atoms with E-state index in [2.05, 4.69) is 15.6 Å². The van der Waals surface area contributed by atoms with Gasteiger partial charge in [-0.25, -0.2) is 13.8 Å². The molecule has 0 bridgehead atoms. The standard InChI is InChI=1S/C16H16F2N4OS/c1-19-8-9-22-11-5-3-2-4-10(11)20-16(22)21-15(23)13-7-6-12(24-13)14(17)18/h2-7,14,19H,8-9H2,1H3,(H,20,21,23). The van der Waals surface area contributed by atoms with E-state index in [-0.39, 0.29) is 9.75 Å². The van der Waals surface area contributed by atoms with Crippen molar-refractivity contribution in [3.63, 3.8) is 0 Å². The highest BCUT2D eigenvalue weighted by Gasteiger charge is 2.17. The third-order valence-corrected chi connectivity index (χ3v) is 4.62. The number of likely N-dealkylation sites (N-methyl/N-ethyl adjacent to an activating group) is 1. The summed E-state index contributed by atoms with van der Waals surface area (Å²) >= 11 is 0.788. The van der Waals surface area contributed by atoms with Crippen LogP contribution in [-0.2, 0) is 6.54 Å². The van der Waals surface area contributed by atoms with Crippen LogP contribution < -0.4 is 10.6 Å². The van der Waals surface area contributed by atoms with Gasteiger partial charge in [-0.3, -0.25) is 10.1 Å². The van der Waals surface area contributed by atoms with Gasteiger partial charge >= 0.3 is 0 Å². The molecule has 0 aliphatic heterocycles. The van der Waals surface area contributed by atoms with Crippen LogP contribution in [-0.4, -0.2) is 29.1 Å². The van der Waals surface area contributed by atoms with Crippen LogP contribution >= 0.6 is 11.3 Å². The number of para-hydroxylation sites is 2. The highest BCUT2D eigenvalue weighted by molar-refractivity contribution is 7.14. The van der Waals surface area contributed by atoms with Crippen molar-refractivity contribution < 1.29 is 13.6 Å². The van der Waals surface area contributed by atoms with Gasteiger partial charge in [0.1, 0.15) is 0 Å². The number of anilines is 1. The number of carbonyl (C=O) groups excluding carboxylic acids is 1. The minimum atomic E-state index is -2.57. The first-order valence-electron chi connectivity index (χ1n) is 7.39. The molecule has 0 unspecified atom stereocenters. The topological polar surface area (TPSA) is 59.0 Å². The number of alkyl halides is 2. The Labute approximate surface area is 141 Å². The van der Waals surface area contributed by atoms with Crippen molar-refractivity contribution in [2.45, 2.75) is 13.0 Å². The number of nitrogens with zero attached hydrogens (tertiary/aromatic N) is 2. The molecule has 0 aliphatic carbocycles. The van der Waals surface area contributed by atoms with E-state index in [4.69, 9.17) is 0 Å². The maximum Gasteiger partial charge on any atom is 0.272 e. The molecule has 1 amide bonds. The molecule has 126 valence electrons. The van der Waals surface area contributed by atoms with E-state index < -0.39 is 12.3 Å². The molecule has 24 heavy (non-hydrogen) atoms. The molecule has 2 N–H and O–H groups in total. The van der Waals surface area contributed by atoms with E-state index >= 15 is 0 Å². The number of imidazole rings is 1. The van der Waals surface area contributed by atoms with Crippen LogP contribution in [0, 0.1) is 0 Å². The number of rotatable bonds is 6. The predicted octanol–water partition coefficient (Wildman–Crippen LogP) is 3.51. The second kappa shape index (κ2) is 7.06. The lowest BCUT2D eigenvalue weighted by Crippen LogP contribution is -2.19. The third kappa shape index (κ3) is 3.29. The molecular formula is C16H16F2N4OS. The highest BCUT2D eigenvalue weighted by atomic mass is 32.1. The smallest absolute Gasteiger partial charge is 0.272 e. The number of thiophene rings is 1. The van der Waals surface area contributed by atoms with Crippen LogP contribution in [0.25, 0.3) is 11.0 Å². The highest BCUT2D eigenvalue weighted by Crippen LogP contribution is 2.28. The van der Waals surface area contributed by atoms with Crippen molar-refractivity contribution in [3.05, 3.63) is 46.2 Å². The molecule has 2 heterocycles. The predicted molar refractivity (Wildman–Crippen MR) is 90.9 cm³/mol. The molecule has 0 aliphatic rings. The third-order valence-electron chi connectivity index (χ3n) is 3.53. The number of amides is 1. The van der Waals surface area contributed by atoms with Gasteiger partial charge in [0.2, 0.25) is 5.95 Å². The molecule has 0 spiro atoms. The fourth-order valence-corrected chi connectivity index (χ4v) is 3.14. The minimum Gasteiger partial charge on any atom is -0.318 e. The van der Waals surface area contributed by atoms with Gasteiger partial charge in [0.15, 0.2) is 0 Å². The maximum atomic E-state index is 12.7. The lowest BCUT2D eigenvalue weighted by atomic mass is 10.3. The van der Waals surface area contributed by atoms with Crippen LogP contribution in [0.3, 0.4) is 0 Å². The zero-order chi connectivity index (χ0) is 17.1. The maximum absolute atomic E-state index is 12.7. The number of fused-ring (bicyclic) bond motifs is 1. The summed E-state index contributed by atoms with van der Waals surface area (Å²) in [5, 5.41) is 5.78. The number of aromatic nitrogens is 2. The van der Waals surface area contributed by atoms with E-state index in [9.17, 15) is 13.6 Å². The minimum absolute atomic E-state index is 0.121. The van der Waals surface area contributed by atoms with Crippen LogP contribution in [0.1, 0.15) is 21.0 Å². The summed E-state index contributed by atoms with van der Waals surface area (Å²) in [7, 11) is 1.84. The average Bonchev–Trinajstić information content (AvgIpc) is 3.18. The number of hydrogen-bond donors (Lipinski definition) is 2. The first-order chi connectivity index (χ1) is 11.6. The molecule has 0 saturated carbocycles. The molecule has 3 rings (SSSR count). The van der Waals surface area contributed by atoms with Crippen molar-refractivity contribution in [2.24, 2.45) is 0 Å². The van der Waals surface area contributed by atoms with Crippen molar-refractivity contribution in [2.75, 3.05) is 18.9 Å². The van der Waals surface area contributed by atoms with Gasteiger partial charge in [-0.05, 0) is 31.3 Å². The number of carbonyl (C=O) groups is 1. The van der Waals surface area contributed by atoms with E-state index in [0.29, 0.717) is 19.0 Å². The zero-order valence-corrected chi connectivity index (χ0v) is 13.7. The summed E-state index contributed by atoms with van der Waals surface area (Å²) in [4.78, 5) is 16.9. The van der Waals surface area contributed by atoms with E-state index in [0.717, 1.165) is 22.4 Å². The van der Waals surface area contributed by atoms with E-state index in [1.807, 2.05) is 35.9 Å². The second-order valence-electron chi connectivity index (χ2n) is 5.14. The summed E-state index contributed by atoms with van der Waals surface area (Å²) in [5.41, 5.74) is 1.67. The normalized spacial score (nSPS) is 11.3. The Hall–Kier alpha value is -2.32. The number of nitrogens with one attached hydrogen (secondary N) is 2. The second-order valence-corrected chi connectivity index (χ2v) is 6.25. The Bertz CT molecular complexity index is 859. The van der Waals surface area contributed by atoms with Crippen molar-refractivity contribution in [1.29, 1.82) is 0 Å². The van der Waals surface area contributed by atoms with Crippen LogP contribution in [0.15, 0.2) is 36.4 Å². The summed E-state index contributed by atoms with van der Waals surface area (Å²) < 4.78 is 27.2. The molecule has 1 aromatic carbocycles.